The summed E-state index contributed by atoms with van der Waals surface area (Å²) in [6, 6.07) is 2.79. The monoisotopic (exact) mass is 299 g/mol. The molecule has 118 valence electrons. The molecule has 1 N–H and O–H groups in total. The molecular weight excluding hydrogens is 274 g/mol. The number of pyridine rings is 1. The Morgan fingerprint density at radius 3 is 2.91 bits per heavy atom. The van der Waals surface area contributed by atoms with Crippen molar-refractivity contribution in [2.75, 3.05) is 13.7 Å². The molecule has 0 bridgehead atoms. The summed E-state index contributed by atoms with van der Waals surface area (Å²) in [6.45, 7) is 8.12. The van der Waals surface area contributed by atoms with Gasteiger partial charge in [-0.05, 0) is 50.4 Å². The van der Waals surface area contributed by atoms with Crippen molar-refractivity contribution in [1.29, 1.82) is 0 Å². The largest absolute Gasteiger partial charge is 0.396 e. The predicted octanol–water partition coefficient (Wildman–Crippen LogP) is 3.05. The molecule has 1 saturated carbocycles. The number of hydrogen-bond donors (Lipinski definition) is 1. The number of hydrogen-bond acceptors (Lipinski definition) is 3. The Bertz CT molecular complexity index is 685. The molecule has 0 aliphatic heterocycles. The fourth-order valence-electron chi connectivity index (χ4n) is 3.10. The average Bonchev–Trinajstić information content (AvgIpc) is 3.29. The zero-order chi connectivity index (χ0) is 15.7. The lowest BCUT2D eigenvalue weighted by atomic mass is 10.0. The van der Waals surface area contributed by atoms with E-state index >= 15 is 0 Å². The zero-order valence-corrected chi connectivity index (χ0v) is 13.5. The minimum atomic E-state index is 0.206. The first-order valence-electron chi connectivity index (χ1n) is 8.05. The predicted molar refractivity (Wildman–Crippen MR) is 90.6 cm³/mol. The normalized spacial score (nSPS) is 14.9. The number of rotatable bonds is 7. The lowest BCUT2D eigenvalue weighted by Crippen LogP contribution is -2.19. The standard InChI is InChI=1S/C18H25N3O/c1-13(2)16-7-8-19-18-17(16)14(11-20(3)15-5-6-15)12-21(18)9-4-10-22/h7-8,12,15,22H,1,4-6,9-11H2,2-3H3. The summed E-state index contributed by atoms with van der Waals surface area (Å²) in [6.07, 6.45) is 7.44. The highest BCUT2D eigenvalue weighted by molar-refractivity contribution is 5.92. The minimum Gasteiger partial charge on any atom is -0.396 e. The van der Waals surface area contributed by atoms with Crippen LogP contribution < -0.4 is 0 Å². The van der Waals surface area contributed by atoms with Crippen molar-refractivity contribution < 1.29 is 5.11 Å². The van der Waals surface area contributed by atoms with E-state index < -0.39 is 0 Å². The van der Waals surface area contributed by atoms with Gasteiger partial charge in [0.25, 0.3) is 0 Å². The Morgan fingerprint density at radius 1 is 1.50 bits per heavy atom. The molecule has 2 aromatic rings. The number of aliphatic hydroxyl groups excluding tert-OH is 1. The van der Waals surface area contributed by atoms with Crippen molar-refractivity contribution >= 4 is 16.6 Å². The first-order chi connectivity index (χ1) is 10.6. The highest BCUT2D eigenvalue weighted by atomic mass is 16.3. The summed E-state index contributed by atoms with van der Waals surface area (Å²) in [5, 5.41) is 10.3. The lowest BCUT2D eigenvalue weighted by molar-refractivity contribution is 0.280. The van der Waals surface area contributed by atoms with E-state index in [0.717, 1.165) is 36.8 Å². The Kier molecular flexibility index (Phi) is 4.32. The van der Waals surface area contributed by atoms with Crippen molar-refractivity contribution in [2.24, 2.45) is 0 Å². The van der Waals surface area contributed by atoms with Crippen molar-refractivity contribution in [3.63, 3.8) is 0 Å². The first-order valence-corrected chi connectivity index (χ1v) is 8.05. The molecule has 3 rings (SSSR count). The van der Waals surface area contributed by atoms with Crippen LogP contribution in [-0.4, -0.2) is 39.3 Å². The van der Waals surface area contributed by atoms with Gasteiger partial charge in [-0.3, -0.25) is 4.90 Å². The van der Waals surface area contributed by atoms with E-state index in [1.54, 1.807) is 0 Å². The van der Waals surface area contributed by atoms with Gasteiger partial charge in [0.1, 0.15) is 5.65 Å². The van der Waals surface area contributed by atoms with Crippen molar-refractivity contribution in [1.82, 2.24) is 14.5 Å². The zero-order valence-electron chi connectivity index (χ0n) is 13.5. The number of aryl methyl sites for hydroxylation is 1. The fourth-order valence-corrected chi connectivity index (χ4v) is 3.10. The van der Waals surface area contributed by atoms with Crippen LogP contribution in [0, 0.1) is 0 Å². The fraction of sp³-hybridized carbons (Fsp3) is 0.500. The number of aliphatic hydroxyl groups is 1. The molecule has 2 heterocycles. The van der Waals surface area contributed by atoms with Gasteiger partial charge in [0.15, 0.2) is 0 Å². The molecule has 0 radical (unpaired) electrons. The van der Waals surface area contributed by atoms with Gasteiger partial charge in [-0.15, -0.1) is 0 Å². The second-order valence-electron chi connectivity index (χ2n) is 6.41. The second-order valence-corrected chi connectivity index (χ2v) is 6.41. The van der Waals surface area contributed by atoms with E-state index in [4.69, 9.17) is 5.11 Å². The Labute approximate surface area is 132 Å². The number of nitrogens with zero attached hydrogens (tertiary/aromatic N) is 3. The average molecular weight is 299 g/mol. The van der Waals surface area contributed by atoms with Gasteiger partial charge >= 0.3 is 0 Å². The third kappa shape index (κ3) is 2.94. The summed E-state index contributed by atoms with van der Waals surface area (Å²) < 4.78 is 2.17. The van der Waals surface area contributed by atoms with Crippen LogP contribution in [0.4, 0.5) is 0 Å². The van der Waals surface area contributed by atoms with Gasteiger partial charge in [0.2, 0.25) is 0 Å². The molecule has 4 nitrogen and oxygen atoms in total. The van der Waals surface area contributed by atoms with Gasteiger partial charge < -0.3 is 9.67 Å². The molecule has 0 amide bonds. The quantitative estimate of drug-likeness (QED) is 0.854. The third-order valence-corrected chi connectivity index (χ3v) is 4.44. The summed E-state index contributed by atoms with van der Waals surface area (Å²) in [7, 11) is 2.20. The van der Waals surface area contributed by atoms with E-state index in [1.165, 1.54) is 29.4 Å². The molecule has 0 saturated heterocycles. The Hall–Kier alpha value is -1.65. The molecule has 0 aromatic carbocycles. The maximum Gasteiger partial charge on any atom is 0.140 e. The molecule has 22 heavy (non-hydrogen) atoms. The van der Waals surface area contributed by atoms with E-state index in [0.29, 0.717) is 0 Å². The van der Waals surface area contributed by atoms with E-state index in [9.17, 15) is 0 Å². The van der Waals surface area contributed by atoms with Gasteiger partial charge in [0.05, 0.1) is 0 Å². The summed E-state index contributed by atoms with van der Waals surface area (Å²) >= 11 is 0. The van der Waals surface area contributed by atoms with Gasteiger partial charge in [0, 0.05) is 43.5 Å². The summed E-state index contributed by atoms with van der Waals surface area (Å²) in [4.78, 5) is 7.02. The SMILES string of the molecule is C=C(C)c1ccnc2c1c(CN(C)C1CC1)cn2CCCO. The molecule has 0 spiro atoms. The Morgan fingerprint density at radius 2 is 2.27 bits per heavy atom. The smallest absolute Gasteiger partial charge is 0.140 e. The topological polar surface area (TPSA) is 41.3 Å². The van der Waals surface area contributed by atoms with Crippen LogP contribution in [0.1, 0.15) is 37.3 Å². The highest BCUT2D eigenvalue weighted by Crippen LogP contribution is 2.32. The van der Waals surface area contributed by atoms with E-state index in [1.807, 2.05) is 13.1 Å². The lowest BCUT2D eigenvalue weighted by Gasteiger charge is -2.15. The maximum absolute atomic E-state index is 9.12. The van der Waals surface area contributed by atoms with Crippen molar-refractivity contribution in [3.8, 4) is 0 Å². The molecule has 2 aromatic heterocycles. The third-order valence-electron chi connectivity index (χ3n) is 4.44. The molecule has 0 atom stereocenters. The molecular formula is C18H25N3O. The van der Waals surface area contributed by atoms with Crippen LogP contribution >= 0.6 is 0 Å². The summed E-state index contributed by atoms with van der Waals surface area (Å²) in [5.41, 5.74) is 4.58. The van der Waals surface area contributed by atoms with Crippen LogP contribution in [0.15, 0.2) is 25.0 Å². The van der Waals surface area contributed by atoms with Crippen LogP contribution in [-0.2, 0) is 13.1 Å². The molecule has 0 unspecified atom stereocenters. The molecule has 1 aliphatic rings. The first kappa shape index (κ1) is 15.3. The molecule has 1 fully saturated rings. The second kappa shape index (κ2) is 6.23. The highest BCUT2D eigenvalue weighted by Gasteiger charge is 2.27. The molecule has 4 heteroatoms. The van der Waals surface area contributed by atoms with Crippen LogP contribution in [0.5, 0.6) is 0 Å². The van der Waals surface area contributed by atoms with Crippen LogP contribution in [0.3, 0.4) is 0 Å². The molecule has 1 aliphatic carbocycles. The Balaban J connectivity index is 2.05. The minimum absolute atomic E-state index is 0.206. The van der Waals surface area contributed by atoms with Crippen LogP contribution in [0.2, 0.25) is 0 Å². The van der Waals surface area contributed by atoms with E-state index in [-0.39, 0.29) is 6.61 Å². The maximum atomic E-state index is 9.12. The van der Waals surface area contributed by atoms with Crippen LogP contribution in [0.25, 0.3) is 16.6 Å². The summed E-state index contributed by atoms with van der Waals surface area (Å²) in [5.74, 6) is 0. The van der Waals surface area contributed by atoms with Gasteiger partial charge in [-0.2, -0.15) is 0 Å². The number of fused-ring (bicyclic) bond motifs is 1. The van der Waals surface area contributed by atoms with Crippen molar-refractivity contribution in [3.05, 3.63) is 36.2 Å². The van der Waals surface area contributed by atoms with Gasteiger partial charge in [-0.25, -0.2) is 4.98 Å². The van der Waals surface area contributed by atoms with Crippen molar-refractivity contribution in [2.45, 2.75) is 45.3 Å². The van der Waals surface area contributed by atoms with Gasteiger partial charge in [-0.1, -0.05) is 12.2 Å². The number of aromatic nitrogens is 2. The van der Waals surface area contributed by atoms with E-state index in [2.05, 4.69) is 40.3 Å². The number of allylic oxidation sites excluding steroid dienone is 1.